The van der Waals surface area contributed by atoms with Crippen LogP contribution in [0.2, 0.25) is 0 Å². The smallest absolute Gasteiger partial charge is 0.268 e. The summed E-state index contributed by atoms with van der Waals surface area (Å²) in [5.41, 5.74) is 0. The van der Waals surface area contributed by atoms with E-state index in [2.05, 4.69) is 55.6 Å². The molecule has 0 spiro atoms. The molecule has 408 valence electrons. The molecule has 4 unspecified atom stereocenters. The fourth-order valence-electron chi connectivity index (χ4n) is 8.74. The molecule has 0 saturated heterocycles. The van der Waals surface area contributed by atoms with Gasteiger partial charge in [0.2, 0.25) is 5.91 Å². The normalized spacial score (nSPS) is 14.6. The Morgan fingerprint density at radius 2 is 0.841 bits per heavy atom. The molecule has 0 aromatic rings. The number of likely N-dealkylation sites (N-methyl/N-ethyl adjacent to an activating group) is 1. The number of allylic oxidation sites excluding steroid dienone is 6. The van der Waals surface area contributed by atoms with Gasteiger partial charge in [-0.1, -0.05) is 230 Å². The zero-order chi connectivity index (χ0) is 50.8. The quantitative estimate of drug-likeness (QED) is 0.0240. The summed E-state index contributed by atoms with van der Waals surface area (Å²) in [5, 5.41) is 24.7. The van der Waals surface area contributed by atoms with Gasteiger partial charge in [0, 0.05) is 6.42 Å². The van der Waals surface area contributed by atoms with Crippen molar-refractivity contribution < 1.29 is 38.0 Å². The first-order valence-electron chi connectivity index (χ1n) is 29.4. The summed E-state index contributed by atoms with van der Waals surface area (Å²) in [6.45, 7) is 4.40. The van der Waals surface area contributed by atoms with Crippen LogP contribution < -0.4 is 10.2 Å². The van der Waals surface area contributed by atoms with Crippen LogP contribution in [0.15, 0.2) is 36.5 Å². The summed E-state index contributed by atoms with van der Waals surface area (Å²) in [6, 6.07) is -1.09. The maximum atomic E-state index is 13.0. The van der Waals surface area contributed by atoms with Crippen molar-refractivity contribution in [2.24, 2.45) is 0 Å². The molecule has 3 N–H and O–H groups in total. The summed E-state index contributed by atoms with van der Waals surface area (Å²) in [4.78, 5) is 25.5. The average Bonchev–Trinajstić information content (AvgIpc) is 3.31. The fourth-order valence-corrected chi connectivity index (χ4v) is 9.46. The van der Waals surface area contributed by atoms with Crippen molar-refractivity contribution in [2.75, 3.05) is 40.9 Å². The number of aliphatic hydroxyl groups excluding tert-OH is 2. The molecular weight excluding hydrogens is 880 g/mol. The van der Waals surface area contributed by atoms with Gasteiger partial charge in [0.25, 0.3) is 7.82 Å². The molecule has 0 aliphatic carbocycles. The van der Waals surface area contributed by atoms with Crippen molar-refractivity contribution in [3.63, 3.8) is 0 Å². The second kappa shape index (κ2) is 50.2. The predicted octanol–water partition coefficient (Wildman–Crippen LogP) is 16.1. The van der Waals surface area contributed by atoms with Crippen LogP contribution in [0.1, 0.15) is 277 Å². The number of hydrogen-bond donors (Lipinski definition) is 3. The largest absolute Gasteiger partial charge is 0.756 e. The Labute approximate surface area is 428 Å². The van der Waals surface area contributed by atoms with Crippen LogP contribution in [-0.4, -0.2) is 79.8 Å². The van der Waals surface area contributed by atoms with E-state index in [4.69, 9.17) is 9.05 Å². The molecule has 0 bridgehead atoms. The summed E-state index contributed by atoms with van der Waals surface area (Å²) in [5.74, 6) is -0.289. The highest BCUT2D eigenvalue weighted by Gasteiger charge is 2.29. The number of carbonyl (C=O) groups excluding carboxylic acids is 1. The van der Waals surface area contributed by atoms with Gasteiger partial charge in [0.15, 0.2) is 0 Å². The highest BCUT2D eigenvalue weighted by atomic mass is 31.2. The lowest BCUT2D eigenvalue weighted by Gasteiger charge is -2.31. The molecule has 1 amide bonds. The molecule has 10 heteroatoms. The summed E-state index contributed by atoms with van der Waals surface area (Å²) in [7, 11) is 1.11. The predicted molar refractivity (Wildman–Crippen MR) is 294 cm³/mol. The topological polar surface area (TPSA) is 128 Å². The van der Waals surface area contributed by atoms with E-state index in [1.807, 2.05) is 21.1 Å². The Hall–Kier alpha value is -1.32. The number of unbranched alkanes of at least 4 members (excludes halogenated alkanes) is 34. The first-order valence-corrected chi connectivity index (χ1v) is 30.9. The highest BCUT2D eigenvalue weighted by Crippen LogP contribution is 2.38. The summed E-state index contributed by atoms with van der Waals surface area (Å²) >= 11 is 0. The van der Waals surface area contributed by atoms with E-state index in [1.54, 1.807) is 0 Å². The standard InChI is InChI=1S/C59H115N2O7P/c1-6-8-10-12-14-16-18-20-21-22-23-24-25-26-27-28-29-30-31-32-33-34-35-36-37-38-39-40-42-44-46-48-50-52-58(63)60-56(55-68-69(65,66)67-54-53-61(3,4)5)59(64)57(62)51-49-47-45-43-41-19-17-15-13-11-9-7-2/h15,17,22-23,43,45,56-57,59,62,64H,6-14,16,18-21,24-42,44,46-55H2,1-5H3,(H-,60,63,65,66)/b17-15+,23-22-,45-43+. The third kappa shape index (κ3) is 51.4. The Morgan fingerprint density at radius 3 is 1.25 bits per heavy atom. The summed E-state index contributed by atoms with van der Waals surface area (Å²) < 4.78 is 23.2. The third-order valence-corrected chi connectivity index (χ3v) is 14.4. The van der Waals surface area contributed by atoms with Crippen LogP contribution in [0, 0.1) is 0 Å². The van der Waals surface area contributed by atoms with Gasteiger partial charge >= 0.3 is 0 Å². The van der Waals surface area contributed by atoms with Gasteiger partial charge in [-0.3, -0.25) is 9.36 Å². The second-order valence-electron chi connectivity index (χ2n) is 21.5. The molecular formula is C59H115N2O7P. The Bertz CT molecular complexity index is 1240. The molecule has 0 aliphatic heterocycles. The minimum absolute atomic E-state index is 0.0476. The molecule has 0 radical (unpaired) electrons. The van der Waals surface area contributed by atoms with E-state index in [0.29, 0.717) is 30.3 Å². The maximum Gasteiger partial charge on any atom is 0.268 e. The molecule has 69 heavy (non-hydrogen) atoms. The van der Waals surface area contributed by atoms with E-state index >= 15 is 0 Å². The lowest BCUT2D eigenvalue weighted by Crippen LogP contribution is -2.51. The van der Waals surface area contributed by atoms with Crippen molar-refractivity contribution >= 4 is 13.7 Å². The lowest BCUT2D eigenvalue weighted by atomic mass is 10.0. The number of rotatable bonds is 54. The molecule has 0 aromatic carbocycles. The molecule has 0 rings (SSSR count). The zero-order valence-electron chi connectivity index (χ0n) is 46.1. The minimum Gasteiger partial charge on any atom is -0.756 e. The van der Waals surface area contributed by atoms with Gasteiger partial charge in [0.05, 0.1) is 39.9 Å². The van der Waals surface area contributed by atoms with Crippen LogP contribution in [0.25, 0.3) is 0 Å². The Kier molecular flexibility index (Phi) is 49.3. The van der Waals surface area contributed by atoms with E-state index in [9.17, 15) is 24.5 Å². The Morgan fingerprint density at radius 1 is 0.507 bits per heavy atom. The summed E-state index contributed by atoms with van der Waals surface area (Å²) in [6.07, 6.45) is 60.9. The number of hydrogen-bond acceptors (Lipinski definition) is 7. The lowest BCUT2D eigenvalue weighted by molar-refractivity contribution is -0.870. The number of quaternary nitrogens is 1. The van der Waals surface area contributed by atoms with Gasteiger partial charge < -0.3 is 34.0 Å². The Balaban J connectivity index is 4.05. The number of nitrogens with zero attached hydrogens (tertiary/aromatic N) is 1. The minimum atomic E-state index is -4.68. The highest BCUT2D eigenvalue weighted by molar-refractivity contribution is 7.45. The molecule has 0 fully saturated rings. The van der Waals surface area contributed by atoms with Crippen LogP contribution in [0.4, 0.5) is 0 Å². The van der Waals surface area contributed by atoms with Gasteiger partial charge in [-0.2, -0.15) is 0 Å². The van der Waals surface area contributed by atoms with Crippen LogP contribution in [0.3, 0.4) is 0 Å². The SMILES string of the molecule is CCCCC/C=C/CC/C=C/CCCC(O)C(O)C(COP(=O)([O-])OCC[N+](C)(C)C)NC(=O)CCCCCCCCCCCCCCCCCCCCCCC/C=C\CCCCCCCCCC. The molecule has 9 nitrogen and oxygen atoms in total. The average molecular weight is 996 g/mol. The van der Waals surface area contributed by atoms with E-state index in [0.717, 1.165) is 44.9 Å². The molecule has 0 saturated carbocycles. The zero-order valence-corrected chi connectivity index (χ0v) is 47.0. The first-order chi connectivity index (χ1) is 33.4. The van der Waals surface area contributed by atoms with Crippen LogP contribution in [-0.2, 0) is 18.4 Å². The van der Waals surface area contributed by atoms with E-state index in [-0.39, 0.29) is 18.9 Å². The second-order valence-corrected chi connectivity index (χ2v) is 22.9. The molecule has 0 heterocycles. The van der Waals surface area contributed by atoms with Crippen molar-refractivity contribution in [1.29, 1.82) is 0 Å². The van der Waals surface area contributed by atoms with Gasteiger partial charge in [-0.25, -0.2) is 0 Å². The van der Waals surface area contributed by atoms with Gasteiger partial charge in [-0.15, -0.1) is 0 Å². The van der Waals surface area contributed by atoms with Crippen LogP contribution >= 0.6 is 7.82 Å². The maximum absolute atomic E-state index is 13.0. The number of phosphoric ester groups is 1. The monoisotopic (exact) mass is 995 g/mol. The molecule has 4 atom stereocenters. The first kappa shape index (κ1) is 67.7. The number of nitrogens with one attached hydrogen (secondary N) is 1. The van der Waals surface area contributed by atoms with Crippen molar-refractivity contribution in [2.45, 2.75) is 295 Å². The number of phosphoric acid groups is 1. The molecule has 0 aliphatic rings. The van der Waals surface area contributed by atoms with E-state index in [1.165, 1.54) is 193 Å². The number of amides is 1. The molecule has 0 aromatic heterocycles. The number of aliphatic hydroxyl groups is 2. The van der Waals surface area contributed by atoms with Gasteiger partial charge in [0.1, 0.15) is 19.3 Å². The van der Waals surface area contributed by atoms with Crippen molar-refractivity contribution in [3.05, 3.63) is 36.5 Å². The van der Waals surface area contributed by atoms with Crippen molar-refractivity contribution in [1.82, 2.24) is 5.32 Å². The van der Waals surface area contributed by atoms with E-state index < -0.39 is 32.7 Å². The number of carbonyl (C=O) groups is 1. The fraction of sp³-hybridized carbons (Fsp3) is 0.881. The third-order valence-electron chi connectivity index (χ3n) is 13.4. The van der Waals surface area contributed by atoms with Gasteiger partial charge in [-0.05, 0) is 77.0 Å². The van der Waals surface area contributed by atoms with Crippen LogP contribution in [0.5, 0.6) is 0 Å². The van der Waals surface area contributed by atoms with Crippen molar-refractivity contribution in [3.8, 4) is 0 Å².